The summed E-state index contributed by atoms with van der Waals surface area (Å²) in [4.78, 5) is 13.5. The molecule has 1 unspecified atom stereocenters. The Morgan fingerprint density at radius 3 is 1.89 bits per heavy atom. The molecule has 5 rings (SSSR count). The molecule has 0 saturated carbocycles. The Morgan fingerprint density at radius 2 is 1.32 bits per heavy atom. The first-order chi connectivity index (χ1) is 17.9. The molecule has 0 aliphatic rings. The van der Waals surface area contributed by atoms with E-state index in [0.29, 0.717) is 11.3 Å². The average molecular weight is 512 g/mol. The minimum atomic E-state index is -4.24. The molecule has 0 radical (unpaired) electrons. The van der Waals surface area contributed by atoms with Gasteiger partial charge in [-0.05, 0) is 36.4 Å². The summed E-state index contributed by atoms with van der Waals surface area (Å²) < 4.78 is 29.6. The standard InChI is InChI=1S/C28H21N3O5S/c32-27(21-10-4-1-5-11-21)25-28(37(35,36)24-14-8-3-9-15-24)26(20-16-18-23(19-17-20)31(33)34)30(29-25)22-12-6-2-7-13-22/h1-19,31,33H. The maximum atomic E-state index is 14.1. The van der Waals surface area contributed by atoms with E-state index in [4.69, 9.17) is 0 Å². The highest BCUT2D eigenvalue weighted by atomic mass is 32.2. The fourth-order valence-electron chi connectivity index (χ4n) is 4.03. The van der Waals surface area contributed by atoms with Gasteiger partial charge in [0.05, 0.1) is 16.3 Å². The lowest BCUT2D eigenvalue weighted by atomic mass is 10.1. The SMILES string of the molecule is O=C(c1ccccc1)c1nn(-c2ccccc2)c(-c2ccc([NH+]([O-])O)cc2)c1S(=O)(=O)c1ccccc1. The molecule has 0 aliphatic carbocycles. The second-order valence-corrected chi connectivity index (χ2v) is 10.1. The van der Waals surface area contributed by atoms with Gasteiger partial charge in [0.1, 0.15) is 4.90 Å². The van der Waals surface area contributed by atoms with Crippen LogP contribution in [0.25, 0.3) is 16.9 Å². The number of quaternary nitrogens is 1. The fourth-order valence-corrected chi connectivity index (χ4v) is 5.63. The van der Waals surface area contributed by atoms with Crippen molar-refractivity contribution in [2.24, 2.45) is 0 Å². The number of hydrogen-bond acceptors (Lipinski definition) is 6. The molecule has 5 aromatic rings. The number of nitrogens with zero attached hydrogens (tertiary/aromatic N) is 2. The van der Waals surface area contributed by atoms with Crippen molar-refractivity contribution < 1.29 is 23.6 Å². The van der Waals surface area contributed by atoms with Gasteiger partial charge in [0.15, 0.2) is 11.4 Å². The molecule has 0 spiro atoms. The van der Waals surface area contributed by atoms with Crippen LogP contribution in [0.15, 0.2) is 125 Å². The van der Waals surface area contributed by atoms with Crippen molar-refractivity contribution in [3.8, 4) is 16.9 Å². The maximum absolute atomic E-state index is 14.1. The molecule has 8 nitrogen and oxygen atoms in total. The van der Waals surface area contributed by atoms with E-state index in [1.165, 1.54) is 41.1 Å². The van der Waals surface area contributed by atoms with Crippen molar-refractivity contribution in [2.75, 3.05) is 0 Å². The Balaban J connectivity index is 1.87. The van der Waals surface area contributed by atoms with E-state index in [0.717, 1.165) is 0 Å². The van der Waals surface area contributed by atoms with Crippen LogP contribution in [-0.2, 0) is 9.84 Å². The van der Waals surface area contributed by atoms with Gasteiger partial charge in [-0.25, -0.2) is 18.3 Å². The number of hydrogen-bond donors (Lipinski definition) is 2. The molecule has 37 heavy (non-hydrogen) atoms. The summed E-state index contributed by atoms with van der Waals surface area (Å²) in [7, 11) is -4.24. The monoisotopic (exact) mass is 511 g/mol. The van der Waals surface area contributed by atoms with Crippen molar-refractivity contribution in [2.45, 2.75) is 9.79 Å². The van der Waals surface area contributed by atoms with Crippen LogP contribution in [0.3, 0.4) is 0 Å². The Labute approximate surface area is 213 Å². The van der Waals surface area contributed by atoms with Crippen LogP contribution in [0.2, 0.25) is 0 Å². The van der Waals surface area contributed by atoms with Gasteiger partial charge in [0.2, 0.25) is 15.6 Å². The Morgan fingerprint density at radius 1 is 0.784 bits per heavy atom. The zero-order valence-corrected chi connectivity index (χ0v) is 20.2. The second-order valence-electron chi connectivity index (χ2n) is 8.17. The highest BCUT2D eigenvalue weighted by Gasteiger charge is 2.35. The minimum Gasteiger partial charge on any atom is -0.595 e. The Hall–Kier alpha value is -4.41. The summed E-state index contributed by atoms with van der Waals surface area (Å²) >= 11 is 0. The fraction of sp³-hybridized carbons (Fsp3) is 0. The molecule has 0 bridgehead atoms. The largest absolute Gasteiger partial charge is 0.595 e. The predicted molar refractivity (Wildman–Crippen MR) is 137 cm³/mol. The van der Waals surface area contributed by atoms with E-state index in [9.17, 15) is 23.6 Å². The lowest BCUT2D eigenvalue weighted by Crippen LogP contribution is -2.99. The molecule has 0 fully saturated rings. The normalized spacial score (nSPS) is 12.3. The highest BCUT2D eigenvalue weighted by molar-refractivity contribution is 7.91. The molecule has 4 aromatic carbocycles. The lowest BCUT2D eigenvalue weighted by molar-refractivity contribution is -0.991. The lowest BCUT2D eigenvalue weighted by Gasteiger charge is -2.14. The molecule has 184 valence electrons. The smallest absolute Gasteiger partial charge is 0.214 e. The van der Waals surface area contributed by atoms with E-state index in [-0.39, 0.29) is 32.4 Å². The molecule has 1 aromatic heterocycles. The van der Waals surface area contributed by atoms with Crippen LogP contribution >= 0.6 is 0 Å². The summed E-state index contributed by atoms with van der Waals surface area (Å²) in [6.07, 6.45) is 0. The first-order valence-electron chi connectivity index (χ1n) is 11.3. The third-order valence-corrected chi connectivity index (χ3v) is 7.64. The zero-order chi connectivity index (χ0) is 26.0. The third kappa shape index (κ3) is 4.59. The van der Waals surface area contributed by atoms with Crippen molar-refractivity contribution in [1.82, 2.24) is 9.78 Å². The Bertz CT molecular complexity index is 1650. The number of rotatable bonds is 7. The molecule has 0 aliphatic heterocycles. The molecule has 0 amide bonds. The first kappa shape index (κ1) is 24.3. The van der Waals surface area contributed by atoms with Crippen molar-refractivity contribution >= 4 is 21.3 Å². The number of sulfone groups is 1. The number of benzene rings is 4. The second kappa shape index (κ2) is 9.92. The molecule has 0 saturated heterocycles. The zero-order valence-electron chi connectivity index (χ0n) is 19.4. The summed E-state index contributed by atoms with van der Waals surface area (Å²) in [6, 6.07) is 30.8. The molecule has 1 atom stereocenters. The van der Waals surface area contributed by atoms with Crippen molar-refractivity contribution in [3.63, 3.8) is 0 Å². The number of aromatic nitrogens is 2. The van der Waals surface area contributed by atoms with Crippen LogP contribution < -0.4 is 5.23 Å². The summed E-state index contributed by atoms with van der Waals surface area (Å²) in [6.45, 7) is 0. The Kier molecular flexibility index (Phi) is 6.51. The predicted octanol–water partition coefficient (Wildman–Crippen LogP) is 4.01. The van der Waals surface area contributed by atoms with Crippen LogP contribution in [0, 0.1) is 5.21 Å². The summed E-state index contributed by atoms with van der Waals surface area (Å²) in [5, 5.41) is 24.2. The van der Waals surface area contributed by atoms with E-state index in [1.54, 1.807) is 72.8 Å². The van der Waals surface area contributed by atoms with Gasteiger partial charge in [-0.2, -0.15) is 10.3 Å². The van der Waals surface area contributed by atoms with Gasteiger partial charge in [-0.1, -0.05) is 66.7 Å². The minimum absolute atomic E-state index is 0.00753. The quantitative estimate of drug-likeness (QED) is 0.252. The summed E-state index contributed by atoms with van der Waals surface area (Å²) in [5.74, 6) is -0.548. The van der Waals surface area contributed by atoms with Gasteiger partial charge >= 0.3 is 0 Å². The first-order valence-corrected chi connectivity index (χ1v) is 12.8. The summed E-state index contributed by atoms with van der Waals surface area (Å²) in [5.41, 5.74) is 1.20. The van der Waals surface area contributed by atoms with E-state index >= 15 is 0 Å². The highest BCUT2D eigenvalue weighted by Crippen LogP contribution is 2.37. The number of para-hydroxylation sites is 1. The maximum Gasteiger partial charge on any atom is 0.214 e. The van der Waals surface area contributed by atoms with Crippen LogP contribution in [0.4, 0.5) is 5.69 Å². The average Bonchev–Trinajstić information content (AvgIpc) is 3.36. The molecular weight excluding hydrogens is 490 g/mol. The van der Waals surface area contributed by atoms with Gasteiger partial charge in [-0.3, -0.25) is 4.79 Å². The number of carbonyl (C=O) groups excluding carboxylic acids is 1. The van der Waals surface area contributed by atoms with E-state index in [2.05, 4.69) is 5.10 Å². The van der Waals surface area contributed by atoms with Gasteiger partial charge in [0, 0.05) is 23.3 Å². The van der Waals surface area contributed by atoms with Crippen molar-refractivity contribution in [3.05, 3.63) is 132 Å². The molecule has 2 N–H and O–H groups in total. The number of ketones is 1. The number of carbonyl (C=O) groups is 1. The number of nitrogens with one attached hydrogen (secondary N) is 1. The van der Waals surface area contributed by atoms with E-state index in [1.807, 2.05) is 6.07 Å². The molecule has 1 heterocycles. The molecule has 9 heteroatoms. The molecular formula is C28H21N3O5S. The van der Waals surface area contributed by atoms with Crippen molar-refractivity contribution in [1.29, 1.82) is 0 Å². The van der Waals surface area contributed by atoms with Crippen LogP contribution in [-0.4, -0.2) is 29.2 Å². The van der Waals surface area contributed by atoms with Gasteiger partial charge in [0.25, 0.3) is 0 Å². The third-order valence-electron chi connectivity index (χ3n) is 5.82. The topological polar surface area (TPSA) is 117 Å². The van der Waals surface area contributed by atoms with Gasteiger partial charge in [-0.15, -0.1) is 0 Å². The van der Waals surface area contributed by atoms with E-state index < -0.39 is 20.8 Å². The van der Waals surface area contributed by atoms with Crippen LogP contribution in [0.5, 0.6) is 0 Å². The van der Waals surface area contributed by atoms with Gasteiger partial charge < -0.3 is 5.21 Å². The van der Waals surface area contributed by atoms with Crippen LogP contribution in [0.1, 0.15) is 16.1 Å².